The highest BCUT2D eigenvalue weighted by Gasteiger charge is 2.03. The Kier molecular flexibility index (Phi) is 3.21. The lowest BCUT2D eigenvalue weighted by Crippen LogP contribution is -1.83. The molecule has 0 radical (unpaired) electrons. The summed E-state index contributed by atoms with van der Waals surface area (Å²) in [6.45, 7) is 2.05. The van der Waals surface area contributed by atoms with Gasteiger partial charge in [-0.2, -0.15) is 0 Å². The van der Waals surface area contributed by atoms with E-state index >= 15 is 0 Å². The summed E-state index contributed by atoms with van der Waals surface area (Å²) >= 11 is 0. The van der Waals surface area contributed by atoms with Crippen molar-refractivity contribution < 1.29 is 5.11 Å². The molecule has 0 saturated carbocycles. The third kappa shape index (κ3) is 2.28. The summed E-state index contributed by atoms with van der Waals surface area (Å²) in [7, 11) is 0. The molecule has 2 nitrogen and oxygen atoms in total. The highest BCUT2D eigenvalue weighted by molar-refractivity contribution is 5.97. The summed E-state index contributed by atoms with van der Waals surface area (Å²) in [6.07, 6.45) is 1.71. The summed E-state index contributed by atoms with van der Waals surface area (Å²) in [5.74, 6) is 0.245. The zero-order valence-corrected chi connectivity index (χ0v) is 11.2. The van der Waals surface area contributed by atoms with Crippen LogP contribution in [0.25, 0.3) is 10.8 Å². The number of benzene rings is 3. The lowest BCUT2D eigenvalue weighted by Gasteiger charge is -2.05. The maximum absolute atomic E-state index is 9.78. The van der Waals surface area contributed by atoms with Crippen LogP contribution in [0, 0.1) is 6.92 Å². The van der Waals surface area contributed by atoms with E-state index in [2.05, 4.69) is 29.3 Å². The summed E-state index contributed by atoms with van der Waals surface area (Å²) in [6, 6.07) is 19.6. The SMILES string of the molecule is Cc1ccc2ccccc2c1N=Cc1ccccc1O. The van der Waals surface area contributed by atoms with Gasteiger partial charge in [0.1, 0.15) is 5.75 Å². The minimum absolute atomic E-state index is 0.245. The number of hydrogen-bond acceptors (Lipinski definition) is 2. The molecule has 0 fully saturated rings. The number of phenolic OH excluding ortho intramolecular Hbond substituents is 1. The van der Waals surface area contributed by atoms with Crippen molar-refractivity contribution in [1.82, 2.24) is 0 Å². The summed E-state index contributed by atoms with van der Waals surface area (Å²) in [5, 5.41) is 12.1. The minimum atomic E-state index is 0.245. The first kappa shape index (κ1) is 12.4. The van der Waals surface area contributed by atoms with E-state index in [1.807, 2.05) is 31.2 Å². The first-order valence-electron chi connectivity index (χ1n) is 6.56. The van der Waals surface area contributed by atoms with Crippen LogP contribution < -0.4 is 0 Å². The third-order valence-corrected chi connectivity index (χ3v) is 3.37. The Morgan fingerprint density at radius 1 is 0.900 bits per heavy atom. The quantitative estimate of drug-likeness (QED) is 0.671. The van der Waals surface area contributed by atoms with Crippen molar-refractivity contribution in [2.75, 3.05) is 0 Å². The number of nitrogens with zero attached hydrogens (tertiary/aromatic N) is 1. The number of aromatic hydroxyl groups is 1. The first-order chi connectivity index (χ1) is 9.75. The molecule has 0 aliphatic carbocycles. The lowest BCUT2D eigenvalue weighted by atomic mass is 10.1. The van der Waals surface area contributed by atoms with Crippen molar-refractivity contribution in [1.29, 1.82) is 0 Å². The van der Waals surface area contributed by atoms with Crippen LogP contribution in [-0.4, -0.2) is 11.3 Å². The second kappa shape index (κ2) is 5.17. The number of fused-ring (bicyclic) bond motifs is 1. The molecule has 0 amide bonds. The molecule has 98 valence electrons. The standard InChI is InChI=1S/C18H15NO/c1-13-10-11-14-6-2-4-8-16(14)18(13)19-12-15-7-3-5-9-17(15)20/h2-12,20H,1H3. The van der Waals surface area contributed by atoms with Gasteiger partial charge in [-0.25, -0.2) is 0 Å². The normalized spacial score (nSPS) is 11.2. The van der Waals surface area contributed by atoms with Gasteiger partial charge in [0.25, 0.3) is 0 Å². The Morgan fingerprint density at radius 2 is 1.65 bits per heavy atom. The van der Waals surface area contributed by atoms with E-state index in [4.69, 9.17) is 0 Å². The van der Waals surface area contributed by atoms with Crippen molar-refractivity contribution >= 4 is 22.7 Å². The highest BCUT2D eigenvalue weighted by atomic mass is 16.3. The number of aryl methyl sites for hydroxylation is 1. The molecule has 3 aromatic carbocycles. The molecular weight excluding hydrogens is 246 g/mol. The molecule has 0 heterocycles. The monoisotopic (exact) mass is 261 g/mol. The van der Waals surface area contributed by atoms with E-state index in [0.29, 0.717) is 0 Å². The average molecular weight is 261 g/mol. The molecule has 0 aliphatic rings. The van der Waals surface area contributed by atoms with Gasteiger partial charge in [0.05, 0.1) is 5.69 Å². The topological polar surface area (TPSA) is 32.6 Å². The molecule has 0 bridgehead atoms. The van der Waals surface area contributed by atoms with E-state index in [0.717, 1.165) is 22.2 Å². The summed E-state index contributed by atoms with van der Waals surface area (Å²) < 4.78 is 0. The van der Waals surface area contributed by atoms with E-state index in [-0.39, 0.29) is 5.75 Å². The van der Waals surface area contributed by atoms with Gasteiger partial charge in [0.2, 0.25) is 0 Å². The molecule has 20 heavy (non-hydrogen) atoms. The predicted molar refractivity (Wildman–Crippen MR) is 84.0 cm³/mol. The van der Waals surface area contributed by atoms with Crippen molar-refractivity contribution in [3.05, 3.63) is 71.8 Å². The second-order valence-corrected chi connectivity index (χ2v) is 4.77. The zero-order chi connectivity index (χ0) is 13.9. The Hall–Kier alpha value is -2.61. The lowest BCUT2D eigenvalue weighted by molar-refractivity contribution is 0.474. The smallest absolute Gasteiger partial charge is 0.124 e. The van der Waals surface area contributed by atoms with E-state index in [1.54, 1.807) is 18.3 Å². The predicted octanol–water partition coefficient (Wildman–Crippen LogP) is 4.60. The van der Waals surface area contributed by atoms with Crippen molar-refractivity contribution in [3.63, 3.8) is 0 Å². The molecule has 0 unspecified atom stereocenters. The van der Waals surface area contributed by atoms with Gasteiger partial charge in [-0.1, -0.05) is 48.5 Å². The Morgan fingerprint density at radius 3 is 2.50 bits per heavy atom. The van der Waals surface area contributed by atoms with Gasteiger partial charge >= 0.3 is 0 Å². The number of hydrogen-bond donors (Lipinski definition) is 1. The average Bonchev–Trinajstić information content (AvgIpc) is 2.48. The molecular formula is C18H15NO. The van der Waals surface area contributed by atoms with Gasteiger partial charge < -0.3 is 5.11 Å². The zero-order valence-electron chi connectivity index (χ0n) is 11.2. The maximum atomic E-state index is 9.78. The molecule has 2 heteroatoms. The van der Waals surface area contributed by atoms with Crippen LogP contribution in [0.5, 0.6) is 5.75 Å². The van der Waals surface area contributed by atoms with Crippen LogP contribution >= 0.6 is 0 Å². The molecule has 0 saturated heterocycles. The van der Waals surface area contributed by atoms with Gasteiger partial charge in [-0.05, 0) is 30.0 Å². The van der Waals surface area contributed by atoms with E-state index in [9.17, 15) is 5.11 Å². The molecule has 3 rings (SSSR count). The van der Waals surface area contributed by atoms with Gasteiger partial charge in [0.15, 0.2) is 0 Å². The van der Waals surface area contributed by atoms with Gasteiger partial charge in [-0.3, -0.25) is 4.99 Å². The van der Waals surface area contributed by atoms with Crippen molar-refractivity contribution in [2.24, 2.45) is 4.99 Å². The number of aliphatic imine (C=N–C) groups is 1. The summed E-state index contributed by atoms with van der Waals surface area (Å²) in [4.78, 5) is 4.58. The minimum Gasteiger partial charge on any atom is -0.507 e. The van der Waals surface area contributed by atoms with Crippen LogP contribution in [0.2, 0.25) is 0 Å². The Bertz CT molecular complexity index is 790. The highest BCUT2D eigenvalue weighted by Crippen LogP contribution is 2.29. The fraction of sp³-hybridized carbons (Fsp3) is 0.0556. The number of para-hydroxylation sites is 1. The number of rotatable bonds is 2. The second-order valence-electron chi connectivity index (χ2n) is 4.77. The Labute approximate surface area is 118 Å². The molecule has 0 aliphatic heterocycles. The summed E-state index contributed by atoms with van der Waals surface area (Å²) in [5.41, 5.74) is 2.79. The van der Waals surface area contributed by atoms with E-state index < -0.39 is 0 Å². The van der Waals surface area contributed by atoms with Crippen LogP contribution in [0.1, 0.15) is 11.1 Å². The van der Waals surface area contributed by atoms with Crippen molar-refractivity contribution in [3.8, 4) is 5.75 Å². The molecule has 0 atom stereocenters. The molecule has 0 spiro atoms. The fourth-order valence-corrected chi connectivity index (χ4v) is 2.27. The van der Waals surface area contributed by atoms with Crippen molar-refractivity contribution in [2.45, 2.75) is 6.92 Å². The largest absolute Gasteiger partial charge is 0.507 e. The van der Waals surface area contributed by atoms with Crippen LogP contribution in [-0.2, 0) is 0 Å². The fourth-order valence-electron chi connectivity index (χ4n) is 2.27. The van der Waals surface area contributed by atoms with Gasteiger partial charge in [0, 0.05) is 17.2 Å². The first-order valence-corrected chi connectivity index (χ1v) is 6.56. The third-order valence-electron chi connectivity index (χ3n) is 3.37. The molecule has 3 aromatic rings. The van der Waals surface area contributed by atoms with Gasteiger partial charge in [-0.15, -0.1) is 0 Å². The molecule has 0 aromatic heterocycles. The molecule has 1 N–H and O–H groups in total. The van der Waals surface area contributed by atoms with E-state index in [1.165, 1.54) is 5.39 Å². The Balaban J connectivity index is 2.11. The van der Waals surface area contributed by atoms with Crippen LogP contribution in [0.3, 0.4) is 0 Å². The number of phenols is 1. The van der Waals surface area contributed by atoms with Crippen LogP contribution in [0.15, 0.2) is 65.7 Å². The van der Waals surface area contributed by atoms with Crippen LogP contribution in [0.4, 0.5) is 5.69 Å². The maximum Gasteiger partial charge on any atom is 0.124 e.